The van der Waals surface area contributed by atoms with Gasteiger partial charge in [0.2, 0.25) is 5.44 Å². The molecule has 1 aromatic rings. The minimum atomic E-state index is -4.64. The first-order chi connectivity index (χ1) is 6.32. The number of halogens is 2. The van der Waals surface area contributed by atoms with Gasteiger partial charge in [0.15, 0.2) is 0 Å². The normalized spacial score (nSPS) is 14.0. The molecule has 0 radical (unpaired) electrons. The minimum absolute atomic E-state index is 0.198. The Bertz CT molecular complexity index is 445. The maximum absolute atomic E-state index is 12.7. The summed E-state index contributed by atoms with van der Waals surface area (Å²) in [4.78, 5) is 0. The second-order valence-electron chi connectivity index (χ2n) is 2.53. The van der Waals surface area contributed by atoms with E-state index in [1.165, 1.54) is 6.07 Å². The lowest BCUT2D eigenvalue weighted by Crippen LogP contribution is -2.12. The Kier molecular flexibility index (Phi) is 3.25. The Labute approximate surface area is 88.3 Å². The molecule has 0 saturated carbocycles. The molecule has 1 aromatic carbocycles. The molecule has 0 aromatic heterocycles. The fraction of sp³-hybridized carbons (Fsp3) is 0.143. The molecular formula is C7H6BrFO4S. The van der Waals surface area contributed by atoms with Gasteiger partial charge in [-0.15, -0.1) is 0 Å². The maximum Gasteiger partial charge on any atom is 0.296 e. The molecule has 0 amide bonds. The summed E-state index contributed by atoms with van der Waals surface area (Å²) in [5.74, 6) is -0.703. The van der Waals surface area contributed by atoms with Crippen LogP contribution in [-0.4, -0.2) is 18.1 Å². The standard InChI is InChI=1S/C7H6BrFO4S/c8-6-2-1-4(9)3-5(6)7(10)14(11,12)13/h1-3,7,10H,(H,11,12,13). The number of benzene rings is 1. The average molecular weight is 285 g/mol. The molecule has 0 aliphatic carbocycles. The lowest BCUT2D eigenvalue weighted by Gasteiger charge is -2.09. The lowest BCUT2D eigenvalue weighted by molar-refractivity contribution is 0.237. The first-order valence-electron chi connectivity index (χ1n) is 3.41. The van der Waals surface area contributed by atoms with Crippen molar-refractivity contribution in [3.63, 3.8) is 0 Å². The van der Waals surface area contributed by atoms with Crippen molar-refractivity contribution < 1.29 is 22.5 Å². The van der Waals surface area contributed by atoms with E-state index in [-0.39, 0.29) is 10.0 Å². The number of hydrogen-bond donors (Lipinski definition) is 2. The van der Waals surface area contributed by atoms with Crippen molar-refractivity contribution >= 4 is 26.0 Å². The molecule has 0 aliphatic heterocycles. The van der Waals surface area contributed by atoms with Gasteiger partial charge in [0.1, 0.15) is 5.82 Å². The fourth-order valence-corrected chi connectivity index (χ4v) is 2.00. The lowest BCUT2D eigenvalue weighted by atomic mass is 10.2. The zero-order chi connectivity index (χ0) is 10.9. The Morgan fingerprint density at radius 3 is 2.50 bits per heavy atom. The van der Waals surface area contributed by atoms with Gasteiger partial charge >= 0.3 is 0 Å². The van der Waals surface area contributed by atoms with E-state index < -0.39 is 21.4 Å². The van der Waals surface area contributed by atoms with Gasteiger partial charge in [-0.05, 0) is 18.2 Å². The molecule has 0 aliphatic rings. The number of rotatable bonds is 2. The highest BCUT2D eigenvalue weighted by Gasteiger charge is 2.24. The van der Waals surface area contributed by atoms with Crippen LogP contribution in [0.3, 0.4) is 0 Å². The average Bonchev–Trinajstić information content (AvgIpc) is 2.06. The van der Waals surface area contributed by atoms with Crippen LogP contribution in [0.25, 0.3) is 0 Å². The summed E-state index contributed by atoms with van der Waals surface area (Å²) in [7, 11) is -4.64. The van der Waals surface area contributed by atoms with E-state index in [1.54, 1.807) is 0 Å². The van der Waals surface area contributed by atoms with Crippen LogP contribution in [0.2, 0.25) is 0 Å². The van der Waals surface area contributed by atoms with E-state index in [0.29, 0.717) is 0 Å². The Morgan fingerprint density at radius 2 is 2.00 bits per heavy atom. The minimum Gasteiger partial charge on any atom is -0.371 e. The zero-order valence-corrected chi connectivity index (χ0v) is 9.09. The first kappa shape index (κ1) is 11.6. The molecule has 2 N–H and O–H groups in total. The highest BCUT2D eigenvalue weighted by atomic mass is 79.9. The van der Waals surface area contributed by atoms with Crippen LogP contribution in [0.5, 0.6) is 0 Å². The van der Waals surface area contributed by atoms with Crippen molar-refractivity contribution in [1.29, 1.82) is 0 Å². The summed E-state index contributed by atoms with van der Waals surface area (Å²) in [6.07, 6.45) is 0. The second-order valence-corrected chi connectivity index (χ2v) is 4.86. The second kappa shape index (κ2) is 3.93. The largest absolute Gasteiger partial charge is 0.371 e. The van der Waals surface area contributed by atoms with E-state index in [2.05, 4.69) is 15.9 Å². The smallest absolute Gasteiger partial charge is 0.296 e. The maximum atomic E-state index is 12.7. The van der Waals surface area contributed by atoms with Gasteiger partial charge < -0.3 is 5.11 Å². The Morgan fingerprint density at radius 1 is 1.43 bits per heavy atom. The van der Waals surface area contributed by atoms with Crippen molar-refractivity contribution in [3.8, 4) is 0 Å². The third kappa shape index (κ3) is 2.50. The third-order valence-corrected chi connectivity index (χ3v) is 3.05. The van der Waals surface area contributed by atoms with Gasteiger partial charge in [0.05, 0.1) is 0 Å². The van der Waals surface area contributed by atoms with Crippen molar-refractivity contribution in [2.75, 3.05) is 0 Å². The van der Waals surface area contributed by atoms with Gasteiger partial charge in [-0.1, -0.05) is 15.9 Å². The zero-order valence-electron chi connectivity index (χ0n) is 6.68. The highest BCUT2D eigenvalue weighted by molar-refractivity contribution is 9.10. The van der Waals surface area contributed by atoms with Gasteiger partial charge in [-0.25, -0.2) is 4.39 Å². The molecule has 78 valence electrons. The van der Waals surface area contributed by atoms with Gasteiger partial charge in [0, 0.05) is 10.0 Å². The van der Waals surface area contributed by atoms with Crippen molar-refractivity contribution in [2.45, 2.75) is 5.44 Å². The monoisotopic (exact) mass is 284 g/mol. The molecule has 14 heavy (non-hydrogen) atoms. The van der Waals surface area contributed by atoms with Crippen LogP contribution < -0.4 is 0 Å². The topological polar surface area (TPSA) is 74.6 Å². The summed E-state index contributed by atoms with van der Waals surface area (Å²) < 4.78 is 42.5. The molecule has 0 saturated heterocycles. The van der Waals surface area contributed by atoms with Crippen LogP contribution in [0, 0.1) is 5.82 Å². The van der Waals surface area contributed by atoms with E-state index in [1.807, 2.05) is 0 Å². The highest BCUT2D eigenvalue weighted by Crippen LogP contribution is 2.27. The Hall–Kier alpha value is -0.500. The molecule has 4 nitrogen and oxygen atoms in total. The fourth-order valence-electron chi connectivity index (χ4n) is 0.864. The molecule has 1 rings (SSSR count). The van der Waals surface area contributed by atoms with Crippen LogP contribution in [0.15, 0.2) is 22.7 Å². The van der Waals surface area contributed by atoms with Gasteiger partial charge in [-0.3, -0.25) is 4.55 Å². The summed E-state index contributed by atoms with van der Waals surface area (Å²) in [5.41, 5.74) is -2.39. The molecule has 0 heterocycles. The number of hydrogen-bond acceptors (Lipinski definition) is 3. The molecule has 1 atom stereocenters. The predicted octanol–water partition coefficient (Wildman–Crippen LogP) is 1.47. The van der Waals surface area contributed by atoms with Gasteiger partial charge in [-0.2, -0.15) is 8.42 Å². The molecule has 1 unspecified atom stereocenters. The van der Waals surface area contributed by atoms with E-state index in [0.717, 1.165) is 12.1 Å². The number of aliphatic hydroxyl groups is 1. The number of aliphatic hydroxyl groups excluding tert-OH is 1. The van der Waals surface area contributed by atoms with Crippen LogP contribution in [-0.2, 0) is 10.1 Å². The summed E-state index contributed by atoms with van der Waals surface area (Å²) in [6.45, 7) is 0. The molecule has 7 heteroatoms. The Balaban J connectivity index is 3.26. The van der Waals surface area contributed by atoms with Crippen molar-refractivity contribution in [2.24, 2.45) is 0 Å². The van der Waals surface area contributed by atoms with Gasteiger partial charge in [0.25, 0.3) is 10.1 Å². The van der Waals surface area contributed by atoms with E-state index >= 15 is 0 Å². The van der Waals surface area contributed by atoms with Crippen molar-refractivity contribution in [3.05, 3.63) is 34.1 Å². The van der Waals surface area contributed by atoms with E-state index in [9.17, 15) is 12.8 Å². The first-order valence-corrected chi connectivity index (χ1v) is 5.71. The SMILES string of the molecule is O=S(=O)(O)C(O)c1cc(F)ccc1Br. The summed E-state index contributed by atoms with van der Waals surface area (Å²) in [5, 5.41) is 9.13. The molecule has 0 fully saturated rings. The quantitative estimate of drug-likeness (QED) is 0.807. The predicted molar refractivity (Wildman–Crippen MR) is 50.6 cm³/mol. The molecule has 0 spiro atoms. The summed E-state index contributed by atoms with van der Waals surface area (Å²) >= 11 is 2.92. The molecule has 0 bridgehead atoms. The molecular weight excluding hydrogens is 279 g/mol. The van der Waals surface area contributed by atoms with Crippen molar-refractivity contribution in [1.82, 2.24) is 0 Å². The van der Waals surface area contributed by atoms with E-state index in [4.69, 9.17) is 9.66 Å². The van der Waals surface area contributed by atoms with Crippen LogP contribution in [0.4, 0.5) is 4.39 Å². The third-order valence-electron chi connectivity index (χ3n) is 1.51. The van der Waals surface area contributed by atoms with Crippen LogP contribution in [0.1, 0.15) is 11.0 Å². The summed E-state index contributed by atoms with van der Waals surface area (Å²) in [6, 6.07) is 3.14. The van der Waals surface area contributed by atoms with Crippen LogP contribution >= 0.6 is 15.9 Å².